The molecular weight excluding hydrogens is 406 g/mol. The highest BCUT2D eigenvalue weighted by molar-refractivity contribution is 8.19. The number of rotatable bonds is 3. The summed E-state index contributed by atoms with van der Waals surface area (Å²) in [5.74, 6) is 0.479. The summed E-state index contributed by atoms with van der Waals surface area (Å²) in [7, 11) is 0. The molecule has 4 rings (SSSR count). The molecule has 3 aromatic rings. The van der Waals surface area contributed by atoms with Gasteiger partial charge < -0.3 is 4.57 Å². The lowest BCUT2D eigenvalue weighted by atomic mass is 10.2. The van der Waals surface area contributed by atoms with Crippen molar-refractivity contribution in [1.82, 2.24) is 9.55 Å². The van der Waals surface area contributed by atoms with Crippen LogP contribution < -0.4 is 4.90 Å². The van der Waals surface area contributed by atoms with Gasteiger partial charge >= 0.3 is 0 Å². The Morgan fingerprint density at radius 3 is 2.59 bits per heavy atom. The number of amides is 2. The molecule has 0 radical (unpaired) electrons. The van der Waals surface area contributed by atoms with Crippen molar-refractivity contribution < 1.29 is 9.59 Å². The summed E-state index contributed by atoms with van der Waals surface area (Å²) in [5.41, 5.74) is 4.42. The maximum Gasteiger partial charge on any atom is 0.298 e. The van der Waals surface area contributed by atoms with Crippen molar-refractivity contribution in [3.63, 3.8) is 0 Å². The minimum absolute atomic E-state index is 0.335. The van der Waals surface area contributed by atoms with Gasteiger partial charge in [0.25, 0.3) is 11.1 Å². The minimum atomic E-state index is -0.347. The fourth-order valence-corrected chi connectivity index (χ4v) is 4.39. The molecule has 0 aliphatic carbocycles. The number of hydrogen-bond acceptors (Lipinski definition) is 4. The van der Waals surface area contributed by atoms with Crippen LogP contribution in [-0.2, 0) is 4.79 Å². The third-order valence-corrected chi connectivity index (χ3v) is 5.85. The number of carbonyl (C=O) groups excluding carboxylic acids is 2. The highest BCUT2D eigenvalue weighted by atomic mass is 35.5. The van der Waals surface area contributed by atoms with Gasteiger partial charge in [-0.2, -0.15) is 0 Å². The Morgan fingerprint density at radius 2 is 1.86 bits per heavy atom. The van der Waals surface area contributed by atoms with Crippen molar-refractivity contribution >= 4 is 46.3 Å². The van der Waals surface area contributed by atoms with Gasteiger partial charge in [-0.15, -0.1) is 0 Å². The molecular formula is C22H18ClN3O2S. The van der Waals surface area contributed by atoms with E-state index in [4.69, 9.17) is 11.6 Å². The van der Waals surface area contributed by atoms with Gasteiger partial charge in [0.05, 0.1) is 10.6 Å². The Labute approximate surface area is 178 Å². The number of hydrogen-bond donors (Lipinski definition) is 0. The molecule has 2 amide bonds. The van der Waals surface area contributed by atoms with Crippen LogP contribution in [0.4, 0.5) is 10.5 Å². The number of nitrogens with zero attached hydrogens (tertiary/aromatic N) is 3. The summed E-state index contributed by atoms with van der Waals surface area (Å²) in [4.78, 5) is 31.4. The normalized spacial score (nSPS) is 15.6. The highest BCUT2D eigenvalue weighted by Crippen LogP contribution is 2.37. The second kappa shape index (κ2) is 7.54. The largest absolute Gasteiger partial charge is 0.303 e. The van der Waals surface area contributed by atoms with Crippen LogP contribution in [0.25, 0.3) is 11.9 Å². The van der Waals surface area contributed by atoms with E-state index in [2.05, 4.69) is 4.98 Å². The number of carbonyl (C=O) groups is 2. The molecule has 5 nitrogen and oxygen atoms in total. The zero-order valence-corrected chi connectivity index (χ0v) is 17.7. The summed E-state index contributed by atoms with van der Waals surface area (Å²) in [5, 5.41) is 0.136. The molecule has 29 heavy (non-hydrogen) atoms. The SMILES string of the molecule is Cc1ccnc(-n2c(C)cc(/C=C3/SC(=O)N(c4cccc(Cl)c4)C3=O)c2C)c1. The summed E-state index contributed by atoms with van der Waals surface area (Å²) >= 11 is 6.95. The molecule has 1 aromatic carbocycles. The Kier molecular flexibility index (Phi) is 5.06. The van der Waals surface area contributed by atoms with Crippen molar-refractivity contribution in [3.05, 3.63) is 81.1 Å². The van der Waals surface area contributed by atoms with Gasteiger partial charge in [-0.1, -0.05) is 17.7 Å². The Hall–Kier alpha value is -2.83. The molecule has 146 valence electrons. The van der Waals surface area contributed by atoms with Crippen LogP contribution in [0.5, 0.6) is 0 Å². The van der Waals surface area contributed by atoms with Gasteiger partial charge in [0.2, 0.25) is 0 Å². The quantitative estimate of drug-likeness (QED) is 0.507. The Morgan fingerprint density at radius 1 is 1.07 bits per heavy atom. The molecule has 7 heteroatoms. The summed E-state index contributed by atoms with van der Waals surface area (Å²) in [6, 6.07) is 12.7. The first kappa shape index (κ1) is 19.5. The van der Waals surface area contributed by atoms with E-state index in [-0.39, 0.29) is 11.1 Å². The molecule has 1 aliphatic heterocycles. The number of aryl methyl sites for hydroxylation is 2. The van der Waals surface area contributed by atoms with Gasteiger partial charge in [0.1, 0.15) is 5.82 Å². The monoisotopic (exact) mass is 423 g/mol. The van der Waals surface area contributed by atoms with Gasteiger partial charge in [0, 0.05) is 22.6 Å². The van der Waals surface area contributed by atoms with Crippen molar-refractivity contribution in [3.8, 4) is 5.82 Å². The van der Waals surface area contributed by atoms with Crippen LogP contribution >= 0.6 is 23.4 Å². The van der Waals surface area contributed by atoms with E-state index in [0.29, 0.717) is 15.6 Å². The Bertz CT molecular complexity index is 1180. The number of imide groups is 1. The second-order valence-electron chi connectivity index (χ2n) is 6.85. The molecule has 1 aliphatic rings. The average Bonchev–Trinajstić information content (AvgIpc) is 3.10. The fraction of sp³-hybridized carbons (Fsp3) is 0.136. The maximum absolute atomic E-state index is 12.9. The number of halogens is 1. The number of aromatic nitrogens is 2. The zero-order chi connectivity index (χ0) is 20.7. The fourth-order valence-electron chi connectivity index (χ4n) is 3.38. The van der Waals surface area contributed by atoms with Gasteiger partial charge in [-0.3, -0.25) is 9.59 Å². The van der Waals surface area contributed by atoms with Crippen molar-refractivity contribution in [2.75, 3.05) is 4.90 Å². The van der Waals surface area contributed by atoms with Gasteiger partial charge in [-0.25, -0.2) is 9.88 Å². The summed E-state index contributed by atoms with van der Waals surface area (Å²) in [6.45, 7) is 5.99. The molecule has 2 aromatic heterocycles. The number of anilines is 1. The maximum atomic E-state index is 12.9. The first-order valence-corrected chi connectivity index (χ1v) is 10.2. The molecule has 0 unspecified atom stereocenters. The molecule has 1 saturated heterocycles. The molecule has 0 saturated carbocycles. The average molecular weight is 424 g/mol. The molecule has 0 spiro atoms. The van der Waals surface area contributed by atoms with E-state index in [0.717, 1.165) is 45.0 Å². The lowest BCUT2D eigenvalue weighted by molar-refractivity contribution is -0.113. The predicted molar refractivity (Wildman–Crippen MR) is 118 cm³/mol. The topological polar surface area (TPSA) is 55.2 Å². The van der Waals surface area contributed by atoms with Crippen molar-refractivity contribution in [2.45, 2.75) is 20.8 Å². The van der Waals surface area contributed by atoms with Gasteiger partial charge in [0.15, 0.2) is 0 Å². The number of pyridine rings is 1. The molecule has 0 N–H and O–H groups in total. The first-order chi connectivity index (χ1) is 13.8. The minimum Gasteiger partial charge on any atom is -0.303 e. The second-order valence-corrected chi connectivity index (χ2v) is 8.28. The molecule has 0 bridgehead atoms. The molecule has 0 atom stereocenters. The highest BCUT2D eigenvalue weighted by Gasteiger charge is 2.36. The van der Waals surface area contributed by atoms with Crippen LogP contribution in [0.1, 0.15) is 22.5 Å². The van der Waals surface area contributed by atoms with E-state index in [1.54, 1.807) is 36.5 Å². The smallest absolute Gasteiger partial charge is 0.298 e. The first-order valence-electron chi connectivity index (χ1n) is 9.00. The van der Waals surface area contributed by atoms with Crippen molar-refractivity contribution in [2.24, 2.45) is 0 Å². The number of benzene rings is 1. The van der Waals surface area contributed by atoms with Crippen LogP contribution in [-0.4, -0.2) is 20.7 Å². The lowest BCUT2D eigenvalue weighted by Crippen LogP contribution is -2.27. The van der Waals surface area contributed by atoms with Crippen LogP contribution in [0.3, 0.4) is 0 Å². The van der Waals surface area contributed by atoms with Crippen molar-refractivity contribution in [1.29, 1.82) is 0 Å². The van der Waals surface area contributed by atoms with E-state index < -0.39 is 0 Å². The molecule has 1 fully saturated rings. The predicted octanol–water partition coefficient (Wildman–Crippen LogP) is 5.69. The third-order valence-electron chi connectivity index (χ3n) is 4.75. The zero-order valence-electron chi connectivity index (χ0n) is 16.1. The molecule has 3 heterocycles. The standard InChI is InChI=1S/C22H18ClN3O2S/c1-13-7-8-24-20(9-13)25-14(2)10-16(15(25)3)11-19-21(27)26(22(28)29-19)18-6-4-5-17(23)12-18/h4-12H,1-3H3/b19-11+. The Balaban J connectivity index is 1.71. The van der Waals surface area contributed by atoms with E-state index in [1.165, 1.54) is 0 Å². The third kappa shape index (κ3) is 3.61. The van der Waals surface area contributed by atoms with Crippen LogP contribution in [0.2, 0.25) is 5.02 Å². The van der Waals surface area contributed by atoms with Crippen LogP contribution in [0.15, 0.2) is 53.6 Å². The van der Waals surface area contributed by atoms with E-state index in [1.807, 2.05) is 43.5 Å². The van der Waals surface area contributed by atoms with Gasteiger partial charge in [-0.05, 0) is 86.1 Å². The van der Waals surface area contributed by atoms with E-state index in [9.17, 15) is 9.59 Å². The lowest BCUT2D eigenvalue weighted by Gasteiger charge is -2.12. The summed E-state index contributed by atoms with van der Waals surface area (Å²) in [6.07, 6.45) is 3.55. The van der Waals surface area contributed by atoms with E-state index >= 15 is 0 Å². The summed E-state index contributed by atoms with van der Waals surface area (Å²) < 4.78 is 2.04. The number of thioether (sulfide) groups is 1. The van der Waals surface area contributed by atoms with Crippen LogP contribution in [0, 0.1) is 20.8 Å².